The van der Waals surface area contributed by atoms with E-state index in [1.165, 1.54) is 22.9 Å². The van der Waals surface area contributed by atoms with Crippen molar-refractivity contribution in [1.29, 1.82) is 0 Å². The van der Waals surface area contributed by atoms with Crippen molar-refractivity contribution in [3.8, 4) is 17.2 Å². The van der Waals surface area contributed by atoms with E-state index < -0.39 is 0 Å². The Kier molecular flexibility index (Phi) is 6.95. The second kappa shape index (κ2) is 9.63. The van der Waals surface area contributed by atoms with Crippen LogP contribution in [0.3, 0.4) is 0 Å². The minimum absolute atomic E-state index is 0.113. The van der Waals surface area contributed by atoms with Crippen LogP contribution < -0.4 is 14.2 Å². The van der Waals surface area contributed by atoms with Gasteiger partial charge >= 0.3 is 0 Å². The number of methoxy groups -OCH3 is 1. The summed E-state index contributed by atoms with van der Waals surface area (Å²) in [6.07, 6.45) is 4.61. The highest BCUT2D eigenvalue weighted by Gasteiger charge is 2.14. The fourth-order valence-corrected chi connectivity index (χ4v) is 2.97. The Morgan fingerprint density at radius 3 is 2.33 bits per heavy atom. The summed E-state index contributed by atoms with van der Waals surface area (Å²) in [6.45, 7) is 7.25. The van der Waals surface area contributed by atoms with Gasteiger partial charge in [-0.25, -0.2) is 4.68 Å². The highest BCUT2D eigenvalue weighted by atomic mass is 35.5. The number of ether oxygens (including phenoxy) is 3. The Balaban J connectivity index is 1.58. The van der Waals surface area contributed by atoms with E-state index >= 15 is 0 Å². The van der Waals surface area contributed by atoms with Crippen LogP contribution in [0, 0.1) is 0 Å². The van der Waals surface area contributed by atoms with Gasteiger partial charge in [-0.3, -0.25) is 0 Å². The van der Waals surface area contributed by atoms with Crippen LogP contribution in [0.2, 0.25) is 5.02 Å². The normalized spacial score (nSPS) is 11.6. The molecule has 3 rings (SSSR count). The molecule has 0 radical (unpaired) electrons. The number of aromatic nitrogens is 3. The van der Waals surface area contributed by atoms with Gasteiger partial charge in [-0.15, -0.1) is 10.2 Å². The lowest BCUT2D eigenvalue weighted by Gasteiger charge is -2.19. The molecule has 0 N–H and O–H groups in total. The van der Waals surface area contributed by atoms with Gasteiger partial charge in [-0.1, -0.05) is 44.5 Å². The molecule has 8 heteroatoms. The molecule has 0 amide bonds. The zero-order chi connectivity index (χ0) is 21.6. The van der Waals surface area contributed by atoms with Gasteiger partial charge in [0.05, 0.1) is 18.3 Å². The van der Waals surface area contributed by atoms with E-state index in [2.05, 4.69) is 48.2 Å². The van der Waals surface area contributed by atoms with E-state index in [0.717, 1.165) is 11.3 Å². The lowest BCUT2D eigenvalue weighted by Crippen LogP contribution is -2.12. The van der Waals surface area contributed by atoms with Crippen molar-refractivity contribution in [2.75, 3.05) is 20.3 Å². The molecule has 0 aliphatic carbocycles. The van der Waals surface area contributed by atoms with Crippen LogP contribution in [0.4, 0.5) is 0 Å². The molecule has 1 aromatic heterocycles. The summed E-state index contributed by atoms with van der Waals surface area (Å²) in [5, 5.41) is 12.0. The molecule has 0 aliphatic rings. The molecule has 2 aromatic carbocycles. The van der Waals surface area contributed by atoms with Crippen LogP contribution in [0.25, 0.3) is 0 Å². The van der Waals surface area contributed by atoms with Gasteiger partial charge in [0.25, 0.3) is 0 Å². The van der Waals surface area contributed by atoms with Crippen LogP contribution in [-0.2, 0) is 5.41 Å². The SMILES string of the molecule is COc1cc(/C=N/n2cnnc2)cc(Cl)c1OCCOc1ccc(C(C)(C)C)cc1. The van der Waals surface area contributed by atoms with Gasteiger partial charge in [-0.2, -0.15) is 5.10 Å². The number of benzene rings is 2. The third-order valence-electron chi connectivity index (χ3n) is 4.32. The van der Waals surface area contributed by atoms with Crippen molar-refractivity contribution in [3.63, 3.8) is 0 Å². The van der Waals surface area contributed by atoms with E-state index in [9.17, 15) is 0 Å². The molecule has 158 valence electrons. The molecule has 3 aromatic rings. The van der Waals surface area contributed by atoms with Crippen LogP contribution in [0.15, 0.2) is 54.2 Å². The average Bonchev–Trinajstić information content (AvgIpc) is 3.23. The zero-order valence-corrected chi connectivity index (χ0v) is 18.3. The molecule has 1 heterocycles. The fourth-order valence-electron chi connectivity index (χ4n) is 2.70. The summed E-state index contributed by atoms with van der Waals surface area (Å²) >= 11 is 6.39. The van der Waals surface area contributed by atoms with Gasteiger partial charge in [0, 0.05) is 0 Å². The van der Waals surface area contributed by atoms with Crippen LogP contribution in [-0.4, -0.2) is 41.4 Å². The third kappa shape index (κ3) is 5.73. The lowest BCUT2D eigenvalue weighted by atomic mass is 9.87. The maximum atomic E-state index is 6.39. The van der Waals surface area contributed by atoms with Crippen molar-refractivity contribution in [1.82, 2.24) is 14.9 Å². The van der Waals surface area contributed by atoms with E-state index in [1.807, 2.05) is 12.1 Å². The molecular weight excluding hydrogens is 404 g/mol. The summed E-state index contributed by atoms with van der Waals surface area (Å²) in [5.41, 5.74) is 2.13. The second-order valence-corrected chi connectivity index (χ2v) is 8.00. The van der Waals surface area contributed by atoms with E-state index in [-0.39, 0.29) is 5.41 Å². The van der Waals surface area contributed by atoms with Gasteiger partial charge in [0.15, 0.2) is 11.5 Å². The predicted octanol–water partition coefficient (Wildman–Crippen LogP) is 4.58. The monoisotopic (exact) mass is 428 g/mol. The first kappa shape index (κ1) is 21.6. The molecule has 0 fully saturated rings. The van der Waals surface area contributed by atoms with Gasteiger partial charge in [0.1, 0.15) is 31.6 Å². The Bertz CT molecular complexity index is 981. The summed E-state index contributed by atoms with van der Waals surface area (Å²) in [7, 11) is 1.56. The zero-order valence-electron chi connectivity index (χ0n) is 17.5. The largest absolute Gasteiger partial charge is 0.493 e. The molecular formula is C22H25ClN4O3. The molecule has 0 saturated carbocycles. The van der Waals surface area contributed by atoms with Crippen molar-refractivity contribution < 1.29 is 14.2 Å². The smallest absolute Gasteiger partial charge is 0.179 e. The highest BCUT2D eigenvalue weighted by Crippen LogP contribution is 2.36. The minimum atomic E-state index is 0.113. The van der Waals surface area contributed by atoms with Crippen molar-refractivity contribution in [3.05, 3.63) is 65.2 Å². The standard InChI is InChI=1S/C22H25ClN4O3/c1-22(2,3)17-5-7-18(8-6-17)29-9-10-30-21-19(23)11-16(12-20(21)28-4)13-26-27-14-24-25-15-27/h5-8,11-15H,9-10H2,1-4H3/b26-13+. The number of hydrogen-bond donors (Lipinski definition) is 0. The van der Waals surface area contributed by atoms with Gasteiger partial charge in [0.2, 0.25) is 0 Å². The summed E-state index contributed by atoms with van der Waals surface area (Å²) in [6, 6.07) is 11.6. The molecule has 30 heavy (non-hydrogen) atoms. The molecule has 0 atom stereocenters. The topological polar surface area (TPSA) is 70.8 Å². The van der Waals surface area contributed by atoms with Crippen molar-refractivity contribution in [2.24, 2.45) is 5.10 Å². The van der Waals surface area contributed by atoms with Gasteiger partial charge in [-0.05, 0) is 40.8 Å². The number of rotatable bonds is 8. The number of hydrogen-bond acceptors (Lipinski definition) is 6. The molecule has 0 saturated heterocycles. The van der Waals surface area contributed by atoms with E-state index in [4.69, 9.17) is 25.8 Å². The third-order valence-corrected chi connectivity index (χ3v) is 4.60. The van der Waals surface area contributed by atoms with Crippen molar-refractivity contribution in [2.45, 2.75) is 26.2 Å². The average molecular weight is 429 g/mol. The minimum Gasteiger partial charge on any atom is -0.493 e. The first-order chi connectivity index (χ1) is 14.4. The Morgan fingerprint density at radius 2 is 1.70 bits per heavy atom. The second-order valence-electron chi connectivity index (χ2n) is 7.59. The molecule has 0 spiro atoms. The quantitative estimate of drug-likeness (QED) is 0.388. The fraction of sp³-hybridized carbons (Fsp3) is 0.318. The first-order valence-electron chi connectivity index (χ1n) is 9.49. The predicted molar refractivity (Wildman–Crippen MR) is 117 cm³/mol. The summed E-state index contributed by atoms with van der Waals surface area (Å²) < 4.78 is 18.5. The number of nitrogens with zero attached hydrogens (tertiary/aromatic N) is 4. The maximum Gasteiger partial charge on any atom is 0.179 e. The lowest BCUT2D eigenvalue weighted by molar-refractivity contribution is 0.211. The van der Waals surface area contributed by atoms with Gasteiger partial charge < -0.3 is 14.2 Å². The van der Waals surface area contributed by atoms with E-state index in [0.29, 0.717) is 29.7 Å². The Morgan fingerprint density at radius 1 is 1.03 bits per heavy atom. The summed E-state index contributed by atoms with van der Waals surface area (Å²) in [5.74, 6) is 1.78. The van der Waals surface area contributed by atoms with Crippen LogP contribution in [0.5, 0.6) is 17.2 Å². The maximum absolute atomic E-state index is 6.39. The summed E-state index contributed by atoms with van der Waals surface area (Å²) in [4.78, 5) is 0. The molecule has 0 aliphatic heterocycles. The van der Waals surface area contributed by atoms with Crippen molar-refractivity contribution >= 4 is 17.8 Å². The number of halogens is 1. The highest BCUT2D eigenvalue weighted by molar-refractivity contribution is 6.32. The van der Waals surface area contributed by atoms with Crippen LogP contribution in [0.1, 0.15) is 31.9 Å². The van der Waals surface area contributed by atoms with Crippen LogP contribution >= 0.6 is 11.6 Å². The molecule has 0 unspecified atom stereocenters. The Labute approximate surface area is 181 Å². The molecule has 7 nitrogen and oxygen atoms in total. The Hall–Kier alpha value is -3.06. The molecule has 0 bridgehead atoms. The first-order valence-corrected chi connectivity index (χ1v) is 9.87. The van der Waals surface area contributed by atoms with E-state index in [1.54, 1.807) is 25.5 Å².